The second-order valence-electron chi connectivity index (χ2n) is 6.34. The van der Waals surface area contributed by atoms with Crippen molar-refractivity contribution in [3.63, 3.8) is 0 Å². The molecule has 25 heavy (non-hydrogen) atoms. The summed E-state index contributed by atoms with van der Waals surface area (Å²) in [6.45, 7) is 8.43. The number of Topliss-reactive ketones (excluding diaryl/α,β-unsaturated/α-hetero) is 2. The van der Waals surface area contributed by atoms with Crippen LogP contribution in [0.1, 0.15) is 57.1 Å². The highest BCUT2D eigenvalue weighted by atomic mass is 16.5. The number of carbonyl (C=O) groups is 3. The standard InChI is InChI=1S/C20H23NO4/c1-11-6-8-16(9-7-11)10-17(23)25-15(5)20(24)19-12(2)18(14(4)22)13(3)21-19/h6-9,15,21H,10H2,1-5H3/t15-/m1/s1. The number of H-pyrrole nitrogens is 1. The van der Waals surface area contributed by atoms with E-state index in [-0.39, 0.29) is 18.0 Å². The van der Waals surface area contributed by atoms with Crippen molar-refractivity contribution in [2.24, 2.45) is 0 Å². The van der Waals surface area contributed by atoms with Crippen LogP contribution in [0.4, 0.5) is 0 Å². The van der Waals surface area contributed by atoms with Crippen molar-refractivity contribution in [1.82, 2.24) is 4.98 Å². The molecule has 5 heteroatoms. The molecule has 0 fully saturated rings. The molecule has 2 aromatic rings. The lowest BCUT2D eigenvalue weighted by Gasteiger charge is -2.12. The van der Waals surface area contributed by atoms with Gasteiger partial charge in [0.1, 0.15) is 0 Å². The first-order valence-electron chi connectivity index (χ1n) is 8.20. The Balaban J connectivity index is 2.07. The molecular formula is C20H23NO4. The number of nitrogens with one attached hydrogen (secondary N) is 1. The number of aryl methyl sites for hydroxylation is 2. The van der Waals surface area contributed by atoms with Crippen LogP contribution < -0.4 is 0 Å². The molecule has 0 unspecified atom stereocenters. The van der Waals surface area contributed by atoms with Crippen molar-refractivity contribution in [3.8, 4) is 0 Å². The van der Waals surface area contributed by atoms with Crippen molar-refractivity contribution >= 4 is 17.5 Å². The number of ketones is 2. The van der Waals surface area contributed by atoms with E-state index in [2.05, 4.69) is 4.98 Å². The number of hydrogen-bond donors (Lipinski definition) is 1. The van der Waals surface area contributed by atoms with Crippen LogP contribution in [0.3, 0.4) is 0 Å². The molecule has 1 heterocycles. The number of rotatable bonds is 6. The van der Waals surface area contributed by atoms with Gasteiger partial charge in [-0.25, -0.2) is 0 Å². The second-order valence-corrected chi connectivity index (χ2v) is 6.34. The number of hydrogen-bond acceptors (Lipinski definition) is 4. The Hall–Kier alpha value is -2.69. The van der Waals surface area contributed by atoms with Gasteiger partial charge in [0.25, 0.3) is 0 Å². The molecule has 0 spiro atoms. The van der Waals surface area contributed by atoms with Crippen molar-refractivity contribution in [1.29, 1.82) is 0 Å². The van der Waals surface area contributed by atoms with E-state index in [4.69, 9.17) is 4.74 Å². The van der Waals surface area contributed by atoms with Gasteiger partial charge in [-0.1, -0.05) is 29.8 Å². The van der Waals surface area contributed by atoms with E-state index in [9.17, 15) is 14.4 Å². The Kier molecular flexibility index (Phi) is 5.57. The molecule has 132 valence electrons. The molecule has 0 aliphatic carbocycles. The first kappa shape index (κ1) is 18.6. The summed E-state index contributed by atoms with van der Waals surface area (Å²) in [6.07, 6.45) is -0.811. The lowest BCUT2D eigenvalue weighted by atomic mass is 10.0. The molecule has 0 bridgehead atoms. The second kappa shape index (κ2) is 7.47. The maximum absolute atomic E-state index is 12.6. The zero-order valence-corrected chi connectivity index (χ0v) is 15.2. The topological polar surface area (TPSA) is 76.2 Å². The van der Waals surface area contributed by atoms with Crippen molar-refractivity contribution in [2.75, 3.05) is 0 Å². The van der Waals surface area contributed by atoms with Gasteiger partial charge in [-0.15, -0.1) is 0 Å². The zero-order chi connectivity index (χ0) is 18.7. The SMILES string of the molecule is CC(=O)c1c(C)[nH]c(C(=O)[C@@H](C)OC(=O)Cc2ccc(C)cc2)c1C. The summed E-state index contributed by atoms with van der Waals surface area (Å²) in [5.74, 6) is -0.905. The van der Waals surface area contributed by atoms with Gasteiger partial charge in [0.05, 0.1) is 12.1 Å². The molecule has 1 atom stereocenters. The van der Waals surface area contributed by atoms with Gasteiger partial charge < -0.3 is 9.72 Å². The lowest BCUT2D eigenvalue weighted by Crippen LogP contribution is -2.26. The third-order valence-corrected chi connectivity index (χ3v) is 4.18. The van der Waals surface area contributed by atoms with E-state index in [1.165, 1.54) is 6.92 Å². The molecule has 5 nitrogen and oxygen atoms in total. The number of esters is 1. The van der Waals surface area contributed by atoms with Crippen LogP contribution in [-0.4, -0.2) is 28.6 Å². The van der Waals surface area contributed by atoms with Gasteiger partial charge in [0.15, 0.2) is 11.9 Å². The first-order valence-corrected chi connectivity index (χ1v) is 8.20. The van der Waals surface area contributed by atoms with Gasteiger partial charge in [-0.2, -0.15) is 0 Å². The normalized spacial score (nSPS) is 11.9. The molecule has 1 aromatic carbocycles. The number of aromatic nitrogens is 1. The van der Waals surface area contributed by atoms with Gasteiger partial charge in [0.2, 0.25) is 5.78 Å². The maximum atomic E-state index is 12.6. The van der Waals surface area contributed by atoms with E-state index in [1.807, 2.05) is 31.2 Å². The smallest absolute Gasteiger partial charge is 0.310 e. The van der Waals surface area contributed by atoms with Crippen LogP contribution in [0.25, 0.3) is 0 Å². The summed E-state index contributed by atoms with van der Waals surface area (Å²) in [5, 5.41) is 0. The van der Waals surface area contributed by atoms with E-state index in [0.29, 0.717) is 22.5 Å². The van der Waals surface area contributed by atoms with Crippen LogP contribution in [0.5, 0.6) is 0 Å². The summed E-state index contributed by atoms with van der Waals surface area (Å²) in [4.78, 5) is 39.3. The molecule has 1 N–H and O–H groups in total. The number of ether oxygens (including phenoxy) is 1. The zero-order valence-electron chi connectivity index (χ0n) is 15.2. The van der Waals surface area contributed by atoms with E-state index in [0.717, 1.165) is 11.1 Å². The Bertz CT molecular complexity index is 815. The van der Waals surface area contributed by atoms with Crippen LogP contribution in [-0.2, 0) is 16.0 Å². The summed E-state index contributed by atoms with van der Waals surface area (Å²) < 4.78 is 5.27. The Morgan fingerprint density at radius 2 is 1.68 bits per heavy atom. The summed E-state index contributed by atoms with van der Waals surface area (Å²) in [7, 11) is 0. The molecule has 0 aliphatic heterocycles. The Morgan fingerprint density at radius 3 is 2.20 bits per heavy atom. The molecule has 0 saturated heterocycles. The minimum absolute atomic E-state index is 0.102. The molecule has 0 aliphatic rings. The molecule has 0 radical (unpaired) electrons. The quantitative estimate of drug-likeness (QED) is 0.644. The van der Waals surface area contributed by atoms with E-state index < -0.39 is 12.1 Å². The van der Waals surface area contributed by atoms with Crippen LogP contribution >= 0.6 is 0 Å². The van der Waals surface area contributed by atoms with E-state index >= 15 is 0 Å². The van der Waals surface area contributed by atoms with Gasteiger partial charge in [-0.05, 0) is 45.7 Å². The molecule has 2 rings (SSSR count). The number of aromatic amines is 1. The highest BCUT2D eigenvalue weighted by Gasteiger charge is 2.25. The maximum Gasteiger partial charge on any atom is 0.310 e. The Morgan fingerprint density at radius 1 is 1.08 bits per heavy atom. The number of carbonyl (C=O) groups excluding carboxylic acids is 3. The highest BCUT2D eigenvalue weighted by Crippen LogP contribution is 2.20. The molecule has 1 aromatic heterocycles. The van der Waals surface area contributed by atoms with Gasteiger partial charge >= 0.3 is 5.97 Å². The fourth-order valence-corrected chi connectivity index (χ4v) is 2.89. The molecular weight excluding hydrogens is 318 g/mol. The average molecular weight is 341 g/mol. The predicted molar refractivity (Wildman–Crippen MR) is 95.0 cm³/mol. The predicted octanol–water partition coefficient (Wildman–Crippen LogP) is 3.50. The number of benzene rings is 1. The van der Waals surface area contributed by atoms with Crippen LogP contribution in [0.2, 0.25) is 0 Å². The summed E-state index contributed by atoms with van der Waals surface area (Å²) in [6, 6.07) is 7.57. The summed E-state index contributed by atoms with van der Waals surface area (Å²) in [5.41, 5.74) is 4.02. The van der Waals surface area contributed by atoms with Crippen molar-refractivity contribution in [3.05, 3.63) is 57.9 Å². The van der Waals surface area contributed by atoms with E-state index in [1.54, 1.807) is 20.8 Å². The lowest BCUT2D eigenvalue weighted by molar-refractivity contribution is -0.145. The highest BCUT2D eigenvalue weighted by molar-refractivity contribution is 6.05. The van der Waals surface area contributed by atoms with Crippen LogP contribution in [0.15, 0.2) is 24.3 Å². The fraction of sp³-hybridized carbons (Fsp3) is 0.350. The third-order valence-electron chi connectivity index (χ3n) is 4.18. The fourth-order valence-electron chi connectivity index (χ4n) is 2.89. The Labute approximate surface area is 147 Å². The average Bonchev–Trinajstić information content (AvgIpc) is 2.83. The molecule has 0 saturated carbocycles. The van der Waals surface area contributed by atoms with Gasteiger partial charge in [0, 0.05) is 11.3 Å². The minimum atomic E-state index is -0.922. The molecule has 0 amide bonds. The van der Waals surface area contributed by atoms with Crippen molar-refractivity contribution < 1.29 is 19.1 Å². The van der Waals surface area contributed by atoms with Gasteiger partial charge in [-0.3, -0.25) is 14.4 Å². The monoisotopic (exact) mass is 341 g/mol. The third kappa shape index (κ3) is 4.24. The van der Waals surface area contributed by atoms with Crippen LogP contribution in [0, 0.1) is 20.8 Å². The largest absolute Gasteiger partial charge is 0.454 e. The van der Waals surface area contributed by atoms with Crippen molar-refractivity contribution in [2.45, 2.75) is 47.1 Å². The summed E-state index contributed by atoms with van der Waals surface area (Å²) >= 11 is 0. The minimum Gasteiger partial charge on any atom is -0.454 e. The first-order chi connectivity index (χ1) is 11.7.